The summed E-state index contributed by atoms with van der Waals surface area (Å²) in [5.41, 5.74) is 4.05. The number of methoxy groups -OCH3 is 1. The summed E-state index contributed by atoms with van der Waals surface area (Å²) < 4.78 is 7.41. The lowest BCUT2D eigenvalue weighted by Crippen LogP contribution is -2.31. The molecule has 1 aromatic heterocycles. The first kappa shape index (κ1) is 14.7. The second-order valence-corrected chi connectivity index (χ2v) is 6.70. The molecule has 0 radical (unpaired) electrons. The average molecular weight is 298 g/mol. The van der Waals surface area contributed by atoms with Crippen molar-refractivity contribution in [2.24, 2.45) is 5.41 Å². The van der Waals surface area contributed by atoms with Crippen molar-refractivity contribution in [2.75, 3.05) is 13.7 Å². The van der Waals surface area contributed by atoms with Gasteiger partial charge in [-0.15, -0.1) is 0 Å². The minimum absolute atomic E-state index is 0.0240. The van der Waals surface area contributed by atoms with Gasteiger partial charge in [0.05, 0.1) is 12.7 Å². The number of hydrogen-bond donors (Lipinski definition) is 1. The van der Waals surface area contributed by atoms with Crippen LogP contribution in [0, 0.1) is 12.3 Å². The van der Waals surface area contributed by atoms with E-state index in [1.807, 2.05) is 37.3 Å². The van der Waals surface area contributed by atoms with Gasteiger partial charge in [-0.25, -0.2) is 0 Å². The van der Waals surface area contributed by atoms with Crippen molar-refractivity contribution in [1.82, 2.24) is 9.88 Å². The quantitative estimate of drug-likeness (QED) is 0.926. The molecule has 2 aromatic rings. The first-order valence-electron chi connectivity index (χ1n) is 7.55. The second kappa shape index (κ2) is 5.20. The van der Waals surface area contributed by atoms with E-state index in [1.54, 1.807) is 7.11 Å². The summed E-state index contributed by atoms with van der Waals surface area (Å²) in [5, 5.41) is 3.03. The Labute approximate surface area is 131 Å². The van der Waals surface area contributed by atoms with Crippen molar-refractivity contribution in [3.8, 4) is 11.4 Å². The Balaban J connectivity index is 2.14. The fourth-order valence-electron chi connectivity index (χ4n) is 3.08. The Morgan fingerprint density at radius 3 is 2.55 bits per heavy atom. The summed E-state index contributed by atoms with van der Waals surface area (Å²) in [6.45, 7) is 7.10. The number of rotatable bonds is 2. The van der Waals surface area contributed by atoms with E-state index in [1.165, 1.54) is 0 Å². The molecule has 0 saturated heterocycles. The summed E-state index contributed by atoms with van der Waals surface area (Å²) in [6.07, 6.45) is 0.862. The van der Waals surface area contributed by atoms with E-state index in [-0.39, 0.29) is 11.3 Å². The standard InChI is InChI=1S/C18H22N2O2/c1-12-9-15-16(10-18(2,3)11-19-17(15)21)20(12)13-5-7-14(22-4)8-6-13/h5-9H,10-11H2,1-4H3,(H,19,21). The highest BCUT2D eigenvalue weighted by atomic mass is 16.5. The van der Waals surface area contributed by atoms with Crippen LogP contribution in [0.1, 0.15) is 35.6 Å². The molecule has 1 aromatic carbocycles. The number of nitrogens with one attached hydrogen (secondary N) is 1. The summed E-state index contributed by atoms with van der Waals surface area (Å²) in [4.78, 5) is 12.3. The zero-order valence-corrected chi connectivity index (χ0v) is 13.6. The van der Waals surface area contributed by atoms with Gasteiger partial charge in [-0.2, -0.15) is 0 Å². The van der Waals surface area contributed by atoms with Crippen molar-refractivity contribution in [3.63, 3.8) is 0 Å². The number of nitrogens with zero attached hydrogens (tertiary/aromatic N) is 1. The second-order valence-electron chi connectivity index (χ2n) is 6.70. The topological polar surface area (TPSA) is 43.3 Å². The number of ether oxygens (including phenoxy) is 1. The minimum atomic E-state index is 0.0240. The molecule has 116 valence electrons. The summed E-state index contributed by atoms with van der Waals surface area (Å²) in [5.74, 6) is 0.855. The molecular weight excluding hydrogens is 276 g/mol. The molecule has 0 aliphatic carbocycles. The Morgan fingerprint density at radius 1 is 1.23 bits per heavy atom. The molecule has 3 rings (SSSR count). The summed E-state index contributed by atoms with van der Waals surface area (Å²) in [7, 11) is 1.66. The molecule has 1 N–H and O–H groups in total. The van der Waals surface area contributed by atoms with Crippen LogP contribution in [0.25, 0.3) is 5.69 Å². The molecule has 0 atom stereocenters. The molecule has 0 saturated carbocycles. The maximum Gasteiger partial charge on any atom is 0.253 e. The van der Waals surface area contributed by atoms with Gasteiger partial charge in [0.15, 0.2) is 0 Å². The first-order valence-corrected chi connectivity index (χ1v) is 7.55. The smallest absolute Gasteiger partial charge is 0.253 e. The van der Waals surface area contributed by atoms with Gasteiger partial charge in [0.2, 0.25) is 0 Å². The predicted octanol–water partition coefficient (Wildman–Crippen LogP) is 3.11. The van der Waals surface area contributed by atoms with Gasteiger partial charge >= 0.3 is 0 Å². The van der Waals surface area contributed by atoms with Crippen LogP contribution in [0.4, 0.5) is 0 Å². The van der Waals surface area contributed by atoms with Crippen LogP contribution in [0.5, 0.6) is 5.75 Å². The fraction of sp³-hybridized carbons (Fsp3) is 0.389. The van der Waals surface area contributed by atoms with Crippen molar-refractivity contribution < 1.29 is 9.53 Å². The number of aryl methyl sites for hydroxylation is 1. The van der Waals surface area contributed by atoms with Crippen LogP contribution in [-0.4, -0.2) is 24.1 Å². The van der Waals surface area contributed by atoms with E-state index in [0.29, 0.717) is 6.54 Å². The molecule has 0 spiro atoms. The maximum atomic E-state index is 12.3. The largest absolute Gasteiger partial charge is 0.497 e. The number of benzene rings is 1. The number of fused-ring (bicyclic) bond motifs is 1. The zero-order chi connectivity index (χ0) is 15.9. The number of amides is 1. The maximum absolute atomic E-state index is 12.3. The molecule has 0 bridgehead atoms. The van der Waals surface area contributed by atoms with E-state index in [9.17, 15) is 4.79 Å². The van der Waals surface area contributed by atoms with Crippen molar-refractivity contribution in [3.05, 3.63) is 47.3 Å². The van der Waals surface area contributed by atoms with Crippen molar-refractivity contribution in [2.45, 2.75) is 27.2 Å². The Kier molecular flexibility index (Phi) is 3.47. The fourth-order valence-corrected chi connectivity index (χ4v) is 3.08. The van der Waals surface area contributed by atoms with Crippen LogP contribution in [0.2, 0.25) is 0 Å². The molecule has 0 fully saturated rings. The normalized spacial score (nSPS) is 16.6. The highest BCUT2D eigenvalue weighted by molar-refractivity contribution is 5.96. The molecule has 1 amide bonds. The predicted molar refractivity (Wildman–Crippen MR) is 86.9 cm³/mol. The number of aromatic nitrogens is 1. The van der Waals surface area contributed by atoms with Crippen LogP contribution < -0.4 is 10.1 Å². The van der Waals surface area contributed by atoms with Gasteiger partial charge < -0.3 is 14.6 Å². The molecular formula is C18H22N2O2. The molecule has 22 heavy (non-hydrogen) atoms. The van der Waals surface area contributed by atoms with Crippen LogP contribution in [0.3, 0.4) is 0 Å². The van der Waals surface area contributed by atoms with Crippen molar-refractivity contribution in [1.29, 1.82) is 0 Å². The Hall–Kier alpha value is -2.23. The SMILES string of the molecule is COc1ccc(-n2c(C)cc3c2CC(C)(C)CNC3=O)cc1. The molecule has 1 aliphatic heterocycles. The number of hydrogen-bond acceptors (Lipinski definition) is 2. The van der Waals surface area contributed by atoms with Crippen LogP contribution >= 0.6 is 0 Å². The zero-order valence-electron chi connectivity index (χ0n) is 13.6. The van der Waals surface area contributed by atoms with E-state index < -0.39 is 0 Å². The summed E-state index contributed by atoms with van der Waals surface area (Å²) in [6, 6.07) is 9.94. The lowest BCUT2D eigenvalue weighted by molar-refractivity contribution is 0.0945. The monoisotopic (exact) mass is 298 g/mol. The molecule has 2 heterocycles. The van der Waals surface area contributed by atoms with Gasteiger partial charge in [0.1, 0.15) is 5.75 Å². The van der Waals surface area contributed by atoms with Crippen molar-refractivity contribution >= 4 is 5.91 Å². The van der Waals surface area contributed by atoms with E-state index >= 15 is 0 Å². The third-order valence-electron chi connectivity index (χ3n) is 4.24. The highest BCUT2D eigenvalue weighted by Gasteiger charge is 2.30. The molecule has 4 heteroatoms. The minimum Gasteiger partial charge on any atom is -0.497 e. The van der Waals surface area contributed by atoms with Gasteiger partial charge in [0.25, 0.3) is 5.91 Å². The lowest BCUT2D eigenvalue weighted by atomic mass is 9.88. The van der Waals surface area contributed by atoms with Crippen LogP contribution in [-0.2, 0) is 6.42 Å². The third-order valence-corrected chi connectivity index (χ3v) is 4.24. The van der Waals surface area contributed by atoms with Gasteiger partial charge in [-0.1, -0.05) is 13.8 Å². The van der Waals surface area contributed by atoms with E-state index in [2.05, 4.69) is 23.7 Å². The lowest BCUT2D eigenvalue weighted by Gasteiger charge is -2.23. The number of carbonyl (C=O) groups excluding carboxylic acids is 1. The Morgan fingerprint density at radius 2 is 1.91 bits per heavy atom. The van der Waals surface area contributed by atoms with E-state index in [4.69, 9.17) is 4.74 Å². The molecule has 1 aliphatic rings. The van der Waals surface area contributed by atoms with Gasteiger partial charge in [-0.3, -0.25) is 4.79 Å². The van der Waals surface area contributed by atoms with Crippen LogP contribution in [0.15, 0.2) is 30.3 Å². The Bertz CT molecular complexity index is 711. The third kappa shape index (κ3) is 2.49. The van der Waals surface area contributed by atoms with Gasteiger partial charge in [0, 0.05) is 23.6 Å². The highest BCUT2D eigenvalue weighted by Crippen LogP contribution is 2.31. The average Bonchev–Trinajstić information content (AvgIpc) is 2.75. The molecule has 4 nitrogen and oxygen atoms in total. The first-order chi connectivity index (χ1) is 10.4. The molecule has 0 unspecified atom stereocenters. The summed E-state index contributed by atoms with van der Waals surface area (Å²) >= 11 is 0. The van der Waals surface area contributed by atoms with E-state index in [0.717, 1.165) is 34.8 Å². The van der Waals surface area contributed by atoms with Gasteiger partial charge in [-0.05, 0) is 49.1 Å². The number of carbonyl (C=O) groups is 1.